The van der Waals surface area contributed by atoms with Crippen molar-refractivity contribution in [2.75, 3.05) is 20.3 Å². The summed E-state index contributed by atoms with van der Waals surface area (Å²) < 4.78 is 152. The Hall–Kier alpha value is -5.78. The van der Waals surface area contributed by atoms with Crippen molar-refractivity contribution in [1.29, 1.82) is 0 Å². The Balaban J connectivity index is 0.000000211. The first-order chi connectivity index (χ1) is 25.7. The zero-order chi connectivity index (χ0) is 40.3. The number of hydrogen-bond acceptors (Lipinski definition) is 12. The van der Waals surface area contributed by atoms with Crippen molar-refractivity contribution in [2.45, 2.75) is 51.4 Å². The number of aromatic nitrogens is 10. The van der Waals surface area contributed by atoms with E-state index in [1.165, 1.54) is 26.4 Å². The number of alkyl halides is 8. The molecule has 6 aromatic heterocycles. The summed E-state index contributed by atoms with van der Waals surface area (Å²) in [5.41, 5.74) is -1.55. The number of nitrogens with zero attached hydrogens (tertiary/aromatic N) is 10. The van der Waals surface area contributed by atoms with Gasteiger partial charge in [0.2, 0.25) is 5.82 Å². The van der Waals surface area contributed by atoms with Gasteiger partial charge in [-0.1, -0.05) is 0 Å². The lowest BCUT2D eigenvalue weighted by Gasteiger charge is -2.28. The maximum absolute atomic E-state index is 14.3. The number of halogens is 10. The fraction of sp³-hybridized carbons (Fsp3) is 0.355. The van der Waals surface area contributed by atoms with Crippen molar-refractivity contribution >= 4 is 11.3 Å². The molecule has 0 aromatic carbocycles. The summed E-state index contributed by atoms with van der Waals surface area (Å²) in [5.74, 6) is -4.11. The van der Waals surface area contributed by atoms with E-state index in [4.69, 9.17) is 9.47 Å². The van der Waals surface area contributed by atoms with Crippen LogP contribution in [0.3, 0.4) is 0 Å². The molecule has 24 heteroatoms. The molecule has 0 spiro atoms. The number of rotatable bonds is 11. The third kappa shape index (κ3) is 9.30. The largest absolute Gasteiger partial charge is 0.466 e. The fourth-order valence-corrected chi connectivity index (χ4v) is 4.38. The van der Waals surface area contributed by atoms with Gasteiger partial charge in [-0.2, -0.15) is 35.1 Å². The molecule has 0 amide bonds. The third-order valence-corrected chi connectivity index (χ3v) is 7.13. The lowest BCUT2D eigenvalue weighted by atomic mass is 10.1. The first-order valence-corrected chi connectivity index (χ1v) is 15.4. The maximum atomic E-state index is 14.3. The van der Waals surface area contributed by atoms with Gasteiger partial charge in [-0.25, -0.2) is 18.7 Å². The average Bonchev–Trinajstić information content (AvgIpc) is 3.72. The van der Waals surface area contributed by atoms with Crippen LogP contribution in [0.4, 0.5) is 43.9 Å². The molecule has 294 valence electrons. The number of fused-ring (bicyclic) bond motifs is 2. The van der Waals surface area contributed by atoms with E-state index >= 15 is 0 Å². The van der Waals surface area contributed by atoms with E-state index in [-0.39, 0.29) is 35.7 Å². The molecule has 0 saturated heterocycles. The van der Waals surface area contributed by atoms with Gasteiger partial charge in [0.15, 0.2) is 41.0 Å². The molecule has 0 bridgehead atoms. The predicted molar refractivity (Wildman–Crippen MR) is 166 cm³/mol. The minimum atomic E-state index is -4.68. The van der Waals surface area contributed by atoms with E-state index < -0.39 is 59.9 Å². The van der Waals surface area contributed by atoms with Gasteiger partial charge in [0.25, 0.3) is 11.8 Å². The fourth-order valence-electron chi connectivity index (χ4n) is 4.38. The Bertz CT molecular complexity index is 2280. The second-order valence-corrected chi connectivity index (χ2v) is 11.6. The lowest BCUT2D eigenvalue weighted by Crippen LogP contribution is -2.45. The van der Waals surface area contributed by atoms with Gasteiger partial charge in [-0.3, -0.25) is 18.8 Å². The molecular formula is C31H26F10N10O4. The Morgan fingerprint density at radius 2 is 1.24 bits per heavy atom. The predicted octanol–water partition coefficient (Wildman–Crippen LogP) is 6.54. The smallest absolute Gasteiger partial charge is 0.427 e. The molecule has 0 fully saturated rings. The van der Waals surface area contributed by atoms with Crippen molar-refractivity contribution in [3.63, 3.8) is 0 Å². The third-order valence-electron chi connectivity index (χ3n) is 7.13. The molecule has 0 saturated carbocycles. The summed E-state index contributed by atoms with van der Waals surface area (Å²) >= 11 is 0. The van der Waals surface area contributed by atoms with Gasteiger partial charge in [-0.05, 0) is 32.9 Å². The molecule has 0 unspecified atom stereocenters. The standard InChI is InChI=1S/C16H15F4N5O2.C15H11F6N5O2/c1-15(2,16(18,19)20)27-14-10(17)4-9(5-22-14)11-7-25-12(6-21-11)23-24-13(25)8-26-3;1-2-28-15(20,21)13-25-24-11-5-22-10(6-26(11)13)8-3-9(16)12(23-4-8)27-7-14(17,18)19/h4-7H,8H2,1-3H3;3-6H,2,7H2,1H3. The molecule has 0 N–H and O–H groups in total. The van der Waals surface area contributed by atoms with E-state index in [1.807, 2.05) is 0 Å². The molecule has 0 aliphatic carbocycles. The van der Waals surface area contributed by atoms with Crippen LogP contribution in [0.1, 0.15) is 32.4 Å². The Labute approximate surface area is 302 Å². The number of methoxy groups -OCH3 is 1. The molecule has 0 aliphatic heterocycles. The van der Waals surface area contributed by atoms with Gasteiger partial charge in [-0.15, -0.1) is 20.4 Å². The molecule has 0 radical (unpaired) electrons. The SMILES string of the molecule is CCOC(F)(F)c1nnc2cnc(-c3cnc(OCC(F)(F)F)c(F)c3)cn12.COCc1nnc2cnc(-c3cnc(OC(C)(C)C(F)(F)F)c(F)c3)cn12. The highest BCUT2D eigenvalue weighted by Gasteiger charge is 2.50. The van der Waals surface area contributed by atoms with Crippen LogP contribution in [0.25, 0.3) is 33.8 Å². The molecule has 6 aromatic rings. The number of pyridine rings is 2. The van der Waals surface area contributed by atoms with Crippen molar-refractivity contribution < 1.29 is 62.9 Å². The topological polar surface area (TPSA) is 149 Å². The van der Waals surface area contributed by atoms with Crippen molar-refractivity contribution in [3.8, 4) is 34.3 Å². The van der Waals surface area contributed by atoms with Gasteiger partial charge in [0.05, 0.1) is 30.4 Å². The molecular weight excluding hydrogens is 766 g/mol. The first-order valence-electron chi connectivity index (χ1n) is 15.4. The van der Waals surface area contributed by atoms with Crippen molar-refractivity contribution in [1.82, 2.24) is 49.1 Å². The van der Waals surface area contributed by atoms with E-state index in [0.29, 0.717) is 17.2 Å². The molecule has 0 atom stereocenters. The summed E-state index contributed by atoms with van der Waals surface area (Å²) in [6, 6.07) is 1.82. The highest BCUT2D eigenvalue weighted by molar-refractivity contribution is 5.60. The minimum Gasteiger partial charge on any atom is -0.466 e. The number of ether oxygens (including phenoxy) is 4. The minimum absolute atomic E-state index is 0.00498. The van der Waals surface area contributed by atoms with Crippen LogP contribution in [0.2, 0.25) is 0 Å². The normalized spacial score (nSPS) is 12.5. The maximum Gasteiger partial charge on any atom is 0.427 e. The van der Waals surface area contributed by atoms with Gasteiger partial charge >= 0.3 is 18.5 Å². The summed E-state index contributed by atoms with van der Waals surface area (Å²) in [4.78, 5) is 15.2. The summed E-state index contributed by atoms with van der Waals surface area (Å²) in [6.45, 7) is 1.17. The summed E-state index contributed by atoms with van der Waals surface area (Å²) in [5, 5.41) is 14.8. The number of hydrogen-bond donors (Lipinski definition) is 0. The quantitative estimate of drug-likeness (QED) is 0.131. The average molecular weight is 793 g/mol. The van der Waals surface area contributed by atoms with E-state index in [1.54, 1.807) is 10.6 Å². The summed E-state index contributed by atoms with van der Waals surface area (Å²) in [6.07, 6.45) is -5.70. The zero-order valence-corrected chi connectivity index (χ0v) is 28.6. The monoisotopic (exact) mass is 792 g/mol. The van der Waals surface area contributed by atoms with Crippen LogP contribution < -0.4 is 9.47 Å². The van der Waals surface area contributed by atoms with Crippen LogP contribution in [0, 0.1) is 11.6 Å². The molecule has 6 heterocycles. The van der Waals surface area contributed by atoms with Crippen LogP contribution in [-0.2, 0) is 22.2 Å². The molecule has 14 nitrogen and oxygen atoms in total. The van der Waals surface area contributed by atoms with Gasteiger partial charge in [0.1, 0.15) is 6.61 Å². The highest BCUT2D eigenvalue weighted by atomic mass is 19.4. The molecule has 6 rings (SSSR count). The lowest BCUT2D eigenvalue weighted by molar-refractivity contribution is -0.251. The highest BCUT2D eigenvalue weighted by Crippen LogP contribution is 2.35. The van der Waals surface area contributed by atoms with Crippen molar-refractivity contribution in [2.24, 2.45) is 0 Å². The van der Waals surface area contributed by atoms with Crippen LogP contribution >= 0.6 is 0 Å². The Kier molecular flexibility index (Phi) is 11.4. The first kappa shape index (κ1) is 40.4. The zero-order valence-electron chi connectivity index (χ0n) is 28.6. The van der Waals surface area contributed by atoms with Crippen molar-refractivity contribution in [3.05, 3.63) is 72.6 Å². The van der Waals surface area contributed by atoms with Crippen LogP contribution in [0.15, 0.2) is 49.3 Å². The summed E-state index contributed by atoms with van der Waals surface area (Å²) in [7, 11) is 1.50. The molecule has 55 heavy (non-hydrogen) atoms. The van der Waals surface area contributed by atoms with E-state index in [9.17, 15) is 43.9 Å². The van der Waals surface area contributed by atoms with E-state index in [2.05, 4.69) is 49.8 Å². The van der Waals surface area contributed by atoms with Crippen LogP contribution in [0.5, 0.6) is 11.8 Å². The van der Waals surface area contributed by atoms with Gasteiger partial charge < -0.3 is 18.9 Å². The molecule has 0 aliphatic rings. The van der Waals surface area contributed by atoms with Gasteiger partial charge in [0, 0.05) is 43.0 Å². The van der Waals surface area contributed by atoms with E-state index in [0.717, 1.165) is 49.0 Å². The van der Waals surface area contributed by atoms with Crippen LogP contribution in [-0.4, -0.2) is 87.4 Å². The Morgan fingerprint density at radius 1 is 0.691 bits per heavy atom. The second-order valence-electron chi connectivity index (χ2n) is 11.6. The Morgan fingerprint density at radius 3 is 1.76 bits per heavy atom. The second kappa shape index (κ2) is 15.5.